The molecule has 7 heteroatoms. The van der Waals surface area contributed by atoms with Gasteiger partial charge in [-0.25, -0.2) is 4.79 Å². The van der Waals surface area contributed by atoms with Gasteiger partial charge < -0.3 is 25.2 Å². The van der Waals surface area contributed by atoms with Gasteiger partial charge in [0.1, 0.15) is 0 Å². The van der Waals surface area contributed by atoms with Gasteiger partial charge in [-0.2, -0.15) is 0 Å². The first-order chi connectivity index (χ1) is 8.36. The SMILES string of the molecule is CC(O)CC(O)CCCC(=O)OC(=O)C(O)CO. The molecular formula is C11H20O7. The molecule has 0 aliphatic heterocycles. The van der Waals surface area contributed by atoms with E-state index in [9.17, 15) is 14.7 Å². The maximum atomic E-state index is 11.1. The molecule has 0 radical (unpaired) electrons. The van der Waals surface area contributed by atoms with Crippen molar-refractivity contribution in [2.24, 2.45) is 0 Å². The quantitative estimate of drug-likeness (QED) is 0.317. The highest BCUT2D eigenvalue weighted by Crippen LogP contribution is 2.08. The molecule has 18 heavy (non-hydrogen) atoms. The van der Waals surface area contributed by atoms with Crippen LogP contribution in [-0.2, 0) is 14.3 Å². The summed E-state index contributed by atoms with van der Waals surface area (Å²) in [5, 5.41) is 35.7. The topological polar surface area (TPSA) is 124 Å². The Kier molecular flexibility index (Phi) is 8.47. The van der Waals surface area contributed by atoms with Crippen molar-refractivity contribution in [3.05, 3.63) is 0 Å². The Hall–Kier alpha value is -1.02. The average Bonchev–Trinajstić information content (AvgIpc) is 2.26. The molecule has 0 aliphatic carbocycles. The molecule has 0 saturated heterocycles. The fourth-order valence-electron chi connectivity index (χ4n) is 1.30. The van der Waals surface area contributed by atoms with Crippen LogP contribution in [0.3, 0.4) is 0 Å². The Morgan fingerprint density at radius 2 is 1.83 bits per heavy atom. The van der Waals surface area contributed by atoms with E-state index < -0.39 is 36.9 Å². The van der Waals surface area contributed by atoms with E-state index in [1.165, 1.54) is 0 Å². The third-order valence-corrected chi connectivity index (χ3v) is 2.19. The van der Waals surface area contributed by atoms with E-state index in [0.717, 1.165) is 0 Å². The molecule has 0 rings (SSSR count). The molecule has 0 spiro atoms. The highest BCUT2D eigenvalue weighted by molar-refractivity contribution is 5.87. The lowest BCUT2D eigenvalue weighted by atomic mass is 10.1. The molecule has 0 aromatic carbocycles. The number of esters is 2. The number of ether oxygens (including phenoxy) is 1. The predicted octanol–water partition coefficient (Wildman–Crippen LogP) is -1.29. The lowest BCUT2D eigenvalue weighted by Gasteiger charge is -2.11. The lowest BCUT2D eigenvalue weighted by molar-refractivity contribution is -0.167. The van der Waals surface area contributed by atoms with Gasteiger partial charge in [0.25, 0.3) is 0 Å². The van der Waals surface area contributed by atoms with Crippen LogP contribution in [0.4, 0.5) is 0 Å². The molecule has 4 N–H and O–H groups in total. The van der Waals surface area contributed by atoms with Gasteiger partial charge in [-0.3, -0.25) is 4.79 Å². The third kappa shape index (κ3) is 8.13. The van der Waals surface area contributed by atoms with Crippen LogP contribution in [0.1, 0.15) is 32.6 Å². The minimum Gasteiger partial charge on any atom is -0.393 e. The van der Waals surface area contributed by atoms with E-state index in [0.29, 0.717) is 12.8 Å². The fraction of sp³-hybridized carbons (Fsp3) is 0.818. The number of hydrogen-bond acceptors (Lipinski definition) is 7. The van der Waals surface area contributed by atoms with Crippen molar-refractivity contribution in [1.82, 2.24) is 0 Å². The molecule has 3 atom stereocenters. The van der Waals surface area contributed by atoms with Crippen molar-refractivity contribution in [1.29, 1.82) is 0 Å². The molecule has 0 amide bonds. The Bertz CT molecular complexity index is 264. The molecule has 0 aromatic rings. The number of carbonyl (C=O) groups excluding carboxylic acids is 2. The van der Waals surface area contributed by atoms with E-state index in [1.54, 1.807) is 6.92 Å². The van der Waals surface area contributed by atoms with Crippen LogP contribution in [0.15, 0.2) is 0 Å². The van der Waals surface area contributed by atoms with Gasteiger partial charge >= 0.3 is 11.9 Å². The minimum atomic E-state index is -1.71. The Balaban J connectivity index is 3.74. The second kappa shape index (κ2) is 8.98. The first-order valence-corrected chi connectivity index (χ1v) is 5.76. The molecule has 0 aliphatic rings. The maximum Gasteiger partial charge on any atom is 0.345 e. The predicted molar refractivity (Wildman–Crippen MR) is 60.3 cm³/mol. The molecule has 0 fully saturated rings. The Labute approximate surface area is 105 Å². The van der Waals surface area contributed by atoms with Gasteiger partial charge in [-0.05, 0) is 26.2 Å². The Morgan fingerprint density at radius 3 is 2.33 bits per heavy atom. The second-order valence-electron chi connectivity index (χ2n) is 4.12. The van der Waals surface area contributed by atoms with Crippen molar-refractivity contribution in [3.8, 4) is 0 Å². The van der Waals surface area contributed by atoms with E-state index >= 15 is 0 Å². The summed E-state index contributed by atoms with van der Waals surface area (Å²) in [6.45, 7) is 0.742. The zero-order valence-corrected chi connectivity index (χ0v) is 10.3. The number of carbonyl (C=O) groups is 2. The molecule has 0 heterocycles. The first-order valence-electron chi connectivity index (χ1n) is 5.76. The van der Waals surface area contributed by atoms with Crippen LogP contribution < -0.4 is 0 Å². The fourth-order valence-corrected chi connectivity index (χ4v) is 1.30. The van der Waals surface area contributed by atoms with E-state index in [1.807, 2.05) is 0 Å². The van der Waals surface area contributed by atoms with Gasteiger partial charge in [0.05, 0.1) is 18.8 Å². The number of aliphatic hydroxyl groups excluding tert-OH is 4. The monoisotopic (exact) mass is 264 g/mol. The number of aliphatic hydroxyl groups is 4. The van der Waals surface area contributed by atoms with Crippen LogP contribution in [0.25, 0.3) is 0 Å². The number of rotatable bonds is 8. The summed E-state index contributed by atoms with van der Waals surface area (Å²) in [5.74, 6) is -2.01. The van der Waals surface area contributed by atoms with Crippen LogP contribution >= 0.6 is 0 Å². The molecule has 3 unspecified atom stereocenters. The second-order valence-corrected chi connectivity index (χ2v) is 4.12. The molecule has 0 aromatic heterocycles. The first kappa shape index (κ1) is 17.0. The van der Waals surface area contributed by atoms with Crippen LogP contribution in [0.5, 0.6) is 0 Å². The molecular weight excluding hydrogens is 244 g/mol. The summed E-state index contributed by atoms with van der Waals surface area (Å²) in [7, 11) is 0. The smallest absolute Gasteiger partial charge is 0.345 e. The largest absolute Gasteiger partial charge is 0.393 e. The van der Waals surface area contributed by atoms with Crippen LogP contribution in [0.2, 0.25) is 0 Å². The van der Waals surface area contributed by atoms with Gasteiger partial charge in [-0.15, -0.1) is 0 Å². The zero-order chi connectivity index (χ0) is 14.1. The molecule has 7 nitrogen and oxygen atoms in total. The van der Waals surface area contributed by atoms with Crippen molar-refractivity contribution < 1.29 is 34.8 Å². The highest BCUT2D eigenvalue weighted by Gasteiger charge is 2.19. The average molecular weight is 264 g/mol. The summed E-state index contributed by atoms with van der Waals surface area (Å²) < 4.78 is 4.25. The van der Waals surface area contributed by atoms with Crippen molar-refractivity contribution >= 4 is 11.9 Å². The van der Waals surface area contributed by atoms with Crippen molar-refractivity contribution in [2.75, 3.05) is 6.61 Å². The third-order valence-electron chi connectivity index (χ3n) is 2.19. The maximum absolute atomic E-state index is 11.1. The van der Waals surface area contributed by atoms with Crippen LogP contribution in [0, 0.1) is 0 Å². The van der Waals surface area contributed by atoms with Crippen LogP contribution in [-0.4, -0.2) is 57.3 Å². The molecule has 106 valence electrons. The number of hydrogen-bond donors (Lipinski definition) is 4. The van der Waals surface area contributed by atoms with Crippen molar-refractivity contribution in [2.45, 2.75) is 50.9 Å². The summed E-state index contributed by atoms with van der Waals surface area (Å²) in [6.07, 6.45) is -2.30. The van der Waals surface area contributed by atoms with Gasteiger partial charge in [0, 0.05) is 6.42 Å². The zero-order valence-electron chi connectivity index (χ0n) is 10.3. The van der Waals surface area contributed by atoms with E-state index in [-0.39, 0.29) is 12.8 Å². The summed E-state index contributed by atoms with van der Waals surface area (Å²) in [6, 6.07) is 0. The van der Waals surface area contributed by atoms with Gasteiger partial charge in [0.2, 0.25) is 0 Å². The Morgan fingerprint density at radius 1 is 1.22 bits per heavy atom. The van der Waals surface area contributed by atoms with Crippen molar-refractivity contribution in [3.63, 3.8) is 0 Å². The summed E-state index contributed by atoms with van der Waals surface area (Å²) in [4.78, 5) is 22.0. The summed E-state index contributed by atoms with van der Waals surface area (Å²) >= 11 is 0. The van der Waals surface area contributed by atoms with Gasteiger partial charge in [-0.1, -0.05) is 0 Å². The normalized spacial score (nSPS) is 15.8. The summed E-state index contributed by atoms with van der Waals surface area (Å²) in [5.41, 5.74) is 0. The lowest BCUT2D eigenvalue weighted by Crippen LogP contribution is -2.28. The minimum absolute atomic E-state index is 0.0826. The standard InChI is InChI=1S/C11H20O7/c1-7(13)5-8(14)3-2-4-10(16)18-11(17)9(15)6-12/h7-9,12-15H,2-6H2,1H3. The van der Waals surface area contributed by atoms with Gasteiger partial charge in [0.15, 0.2) is 6.10 Å². The van der Waals surface area contributed by atoms with E-state index in [4.69, 9.17) is 15.3 Å². The highest BCUT2D eigenvalue weighted by atomic mass is 16.6. The molecule has 0 saturated carbocycles. The van der Waals surface area contributed by atoms with E-state index in [2.05, 4.69) is 4.74 Å². The molecule has 0 bridgehead atoms.